The Labute approximate surface area is 120 Å². The molecule has 0 aliphatic heterocycles. The average molecular weight is 270 g/mol. The maximum Gasteiger partial charge on any atom is 0.274 e. The lowest BCUT2D eigenvalue weighted by molar-refractivity contribution is 0.620. The first-order valence-electron chi connectivity index (χ1n) is 7.11. The lowest BCUT2D eigenvalue weighted by Gasteiger charge is -2.14. The molecule has 3 nitrogen and oxygen atoms in total. The first kappa shape index (κ1) is 14.4. The highest BCUT2D eigenvalue weighted by molar-refractivity contribution is 5.63. The molecular formula is C17H22N2O. The third-order valence-corrected chi connectivity index (χ3v) is 3.74. The van der Waals surface area contributed by atoms with Crippen molar-refractivity contribution in [3.05, 3.63) is 51.8 Å². The number of nitrogens with zero attached hydrogens (tertiary/aromatic N) is 1. The van der Waals surface area contributed by atoms with Gasteiger partial charge in [0.2, 0.25) is 0 Å². The van der Waals surface area contributed by atoms with Crippen molar-refractivity contribution in [2.75, 3.05) is 5.73 Å². The van der Waals surface area contributed by atoms with Crippen molar-refractivity contribution in [3.63, 3.8) is 0 Å². The van der Waals surface area contributed by atoms with Crippen LogP contribution in [-0.4, -0.2) is 4.57 Å². The van der Waals surface area contributed by atoms with Crippen LogP contribution in [0.25, 0.3) is 11.3 Å². The Morgan fingerprint density at radius 2 is 1.85 bits per heavy atom. The molecule has 2 rings (SSSR count). The van der Waals surface area contributed by atoms with Gasteiger partial charge in [0.05, 0.1) is 11.4 Å². The maximum atomic E-state index is 12.3. The highest BCUT2D eigenvalue weighted by atomic mass is 16.1. The molecule has 0 bridgehead atoms. The molecule has 0 spiro atoms. The Balaban J connectivity index is 2.57. The molecule has 2 N–H and O–H groups in total. The van der Waals surface area contributed by atoms with Crippen LogP contribution in [-0.2, 0) is 6.54 Å². The lowest BCUT2D eigenvalue weighted by Crippen LogP contribution is -2.24. The number of hydrogen-bond donors (Lipinski definition) is 1. The molecular weight excluding hydrogens is 248 g/mol. The molecule has 0 atom stereocenters. The standard InChI is InChI=1S/C17H22N2O/c1-4-5-10-19-16(9-8-15(18)17(19)20)14-7-6-12(2)13(3)11-14/h6-9,11H,4-5,10,18H2,1-3H3. The zero-order valence-electron chi connectivity index (χ0n) is 12.4. The van der Waals surface area contributed by atoms with E-state index in [1.807, 2.05) is 6.07 Å². The molecule has 0 fully saturated rings. The largest absolute Gasteiger partial charge is 0.394 e. The fourth-order valence-electron chi connectivity index (χ4n) is 2.29. The smallest absolute Gasteiger partial charge is 0.274 e. The lowest BCUT2D eigenvalue weighted by atomic mass is 10.0. The molecule has 0 unspecified atom stereocenters. The number of nitrogens with two attached hydrogens (primary N) is 1. The van der Waals surface area contributed by atoms with E-state index < -0.39 is 0 Å². The minimum absolute atomic E-state index is 0.0887. The van der Waals surface area contributed by atoms with Crippen molar-refractivity contribution in [1.82, 2.24) is 4.57 Å². The van der Waals surface area contributed by atoms with E-state index in [4.69, 9.17) is 5.73 Å². The van der Waals surface area contributed by atoms with Gasteiger partial charge in [0, 0.05) is 6.54 Å². The van der Waals surface area contributed by atoms with Crippen LogP contribution in [0, 0.1) is 13.8 Å². The van der Waals surface area contributed by atoms with Gasteiger partial charge in [-0.15, -0.1) is 0 Å². The van der Waals surface area contributed by atoms with Gasteiger partial charge in [-0.25, -0.2) is 0 Å². The molecule has 0 amide bonds. The van der Waals surface area contributed by atoms with Crippen LogP contribution < -0.4 is 11.3 Å². The summed E-state index contributed by atoms with van der Waals surface area (Å²) in [5, 5.41) is 0. The van der Waals surface area contributed by atoms with Crippen LogP contribution in [0.15, 0.2) is 35.1 Å². The molecule has 0 aliphatic rings. The Morgan fingerprint density at radius 3 is 2.50 bits per heavy atom. The highest BCUT2D eigenvalue weighted by Crippen LogP contribution is 2.22. The molecule has 0 saturated carbocycles. The Morgan fingerprint density at radius 1 is 1.10 bits per heavy atom. The van der Waals surface area contributed by atoms with E-state index in [0.29, 0.717) is 12.2 Å². The molecule has 3 heteroatoms. The van der Waals surface area contributed by atoms with Gasteiger partial charge in [-0.3, -0.25) is 4.79 Å². The quantitative estimate of drug-likeness (QED) is 0.924. The van der Waals surface area contributed by atoms with Crippen molar-refractivity contribution in [3.8, 4) is 11.3 Å². The first-order chi connectivity index (χ1) is 9.54. The van der Waals surface area contributed by atoms with Crippen molar-refractivity contribution in [2.45, 2.75) is 40.2 Å². The summed E-state index contributed by atoms with van der Waals surface area (Å²) < 4.78 is 1.79. The van der Waals surface area contributed by atoms with Crippen molar-refractivity contribution in [2.24, 2.45) is 0 Å². The van der Waals surface area contributed by atoms with Gasteiger partial charge in [0.1, 0.15) is 0 Å². The van der Waals surface area contributed by atoms with Crippen LogP contribution in [0.5, 0.6) is 0 Å². The fraction of sp³-hybridized carbons (Fsp3) is 0.353. The number of anilines is 1. The molecule has 1 aromatic heterocycles. The molecule has 2 aromatic rings. The number of unbranched alkanes of at least 4 members (excludes halogenated alkanes) is 1. The predicted octanol–water partition coefficient (Wildman–Crippen LogP) is 3.51. The third-order valence-electron chi connectivity index (χ3n) is 3.74. The van der Waals surface area contributed by atoms with Crippen molar-refractivity contribution < 1.29 is 0 Å². The van der Waals surface area contributed by atoms with E-state index >= 15 is 0 Å². The molecule has 1 heterocycles. The summed E-state index contributed by atoms with van der Waals surface area (Å²) in [6.07, 6.45) is 2.02. The maximum absolute atomic E-state index is 12.3. The van der Waals surface area contributed by atoms with Crippen molar-refractivity contribution >= 4 is 5.69 Å². The molecule has 106 valence electrons. The van der Waals surface area contributed by atoms with Crippen molar-refractivity contribution in [1.29, 1.82) is 0 Å². The van der Waals surface area contributed by atoms with E-state index in [0.717, 1.165) is 24.1 Å². The van der Waals surface area contributed by atoms with Gasteiger partial charge >= 0.3 is 0 Å². The van der Waals surface area contributed by atoms with Crippen LogP contribution in [0.1, 0.15) is 30.9 Å². The van der Waals surface area contributed by atoms with Crippen LogP contribution >= 0.6 is 0 Å². The third kappa shape index (κ3) is 2.77. The Bertz CT molecular complexity index is 671. The second kappa shape index (κ2) is 5.95. The number of aryl methyl sites for hydroxylation is 2. The summed E-state index contributed by atoms with van der Waals surface area (Å²) >= 11 is 0. The summed E-state index contributed by atoms with van der Waals surface area (Å²) in [5.41, 5.74) is 10.5. The normalized spacial score (nSPS) is 10.8. The number of benzene rings is 1. The Kier molecular flexibility index (Phi) is 4.28. The van der Waals surface area contributed by atoms with Gasteiger partial charge in [0.25, 0.3) is 5.56 Å². The van der Waals surface area contributed by atoms with E-state index in [-0.39, 0.29) is 5.56 Å². The van der Waals surface area contributed by atoms with Crippen LogP contribution in [0.4, 0.5) is 5.69 Å². The zero-order valence-corrected chi connectivity index (χ0v) is 12.4. The number of aromatic nitrogens is 1. The van der Waals surface area contributed by atoms with Gasteiger partial charge in [-0.2, -0.15) is 0 Å². The summed E-state index contributed by atoms with van der Waals surface area (Å²) in [5.74, 6) is 0. The average Bonchev–Trinajstić information content (AvgIpc) is 2.43. The number of pyridine rings is 1. The van der Waals surface area contributed by atoms with E-state index in [1.54, 1.807) is 10.6 Å². The minimum Gasteiger partial charge on any atom is -0.394 e. The first-order valence-corrected chi connectivity index (χ1v) is 7.11. The zero-order chi connectivity index (χ0) is 14.7. The minimum atomic E-state index is -0.0887. The van der Waals surface area contributed by atoms with Gasteiger partial charge in [-0.1, -0.05) is 25.5 Å². The van der Waals surface area contributed by atoms with E-state index in [2.05, 4.69) is 39.0 Å². The van der Waals surface area contributed by atoms with Gasteiger partial charge in [-0.05, 0) is 55.2 Å². The molecule has 1 aromatic carbocycles. The summed E-state index contributed by atoms with van der Waals surface area (Å²) in [4.78, 5) is 12.3. The molecule has 0 saturated heterocycles. The van der Waals surface area contributed by atoms with Crippen LogP contribution in [0.2, 0.25) is 0 Å². The Hall–Kier alpha value is -2.03. The fourth-order valence-corrected chi connectivity index (χ4v) is 2.29. The summed E-state index contributed by atoms with van der Waals surface area (Å²) in [6.45, 7) is 7.01. The summed E-state index contributed by atoms with van der Waals surface area (Å²) in [6, 6.07) is 9.93. The topological polar surface area (TPSA) is 48.0 Å². The predicted molar refractivity (Wildman–Crippen MR) is 84.9 cm³/mol. The van der Waals surface area contributed by atoms with Gasteiger partial charge in [0.15, 0.2) is 0 Å². The number of hydrogen-bond acceptors (Lipinski definition) is 2. The molecule has 0 radical (unpaired) electrons. The monoisotopic (exact) mass is 270 g/mol. The number of rotatable bonds is 4. The molecule has 20 heavy (non-hydrogen) atoms. The SMILES string of the molecule is CCCCn1c(-c2ccc(C)c(C)c2)ccc(N)c1=O. The van der Waals surface area contributed by atoms with E-state index in [9.17, 15) is 4.79 Å². The second-order valence-corrected chi connectivity index (χ2v) is 5.28. The van der Waals surface area contributed by atoms with Crippen LogP contribution in [0.3, 0.4) is 0 Å². The number of nitrogen functional groups attached to an aromatic ring is 1. The van der Waals surface area contributed by atoms with E-state index in [1.165, 1.54) is 11.1 Å². The summed E-state index contributed by atoms with van der Waals surface area (Å²) in [7, 11) is 0. The van der Waals surface area contributed by atoms with Gasteiger partial charge < -0.3 is 10.3 Å². The molecule has 0 aliphatic carbocycles. The second-order valence-electron chi connectivity index (χ2n) is 5.28. The highest BCUT2D eigenvalue weighted by Gasteiger charge is 2.09.